The number of hydrogen-bond acceptors (Lipinski definition) is 3. The van der Waals surface area contributed by atoms with Crippen LogP contribution in [0.2, 0.25) is 0 Å². The maximum absolute atomic E-state index is 8.68. The van der Waals surface area contributed by atoms with Gasteiger partial charge < -0.3 is 0 Å². The molecule has 74 valence electrons. The minimum Gasteiger partial charge on any atom is -0.300 e. The number of rotatable bonds is 4. The van der Waals surface area contributed by atoms with Crippen LogP contribution in [0.3, 0.4) is 0 Å². The highest BCUT2D eigenvalue weighted by Crippen LogP contribution is 2.04. The quantitative estimate of drug-likeness (QED) is 0.725. The summed E-state index contributed by atoms with van der Waals surface area (Å²) in [4.78, 5) is 6.24. The minimum atomic E-state index is 0.495. The summed E-state index contributed by atoms with van der Waals surface area (Å²) in [5.41, 5.74) is 1.65. The van der Waals surface area contributed by atoms with E-state index in [2.05, 4.69) is 23.7 Å². The van der Waals surface area contributed by atoms with Crippen molar-refractivity contribution in [1.29, 1.82) is 5.26 Å². The van der Waals surface area contributed by atoms with Gasteiger partial charge in [0, 0.05) is 12.7 Å². The second-order valence-electron chi connectivity index (χ2n) is 3.12. The molecule has 1 heterocycles. The van der Waals surface area contributed by atoms with E-state index in [9.17, 15) is 0 Å². The van der Waals surface area contributed by atoms with Crippen molar-refractivity contribution in [3.8, 4) is 6.07 Å². The zero-order valence-corrected chi connectivity index (χ0v) is 8.70. The second kappa shape index (κ2) is 5.36. The molecule has 3 heteroatoms. The molecular weight excluding hydrogens is 174 g/mol. The lowest BCUT2D eigenvalue weighted by molar-refractivity contribution is 0.296. The summed E-state index contributed by atoms with van der Waals surface area (Å²) in [7, 11) is 0. The largest absolute Gasteiger partial charge is 0.300 e. The normalized spacial score (nSPS) is 10.1. The van der Waals surface area contributed by atoms with Crippen LogP contribution in [0.4, 0.5) is 0 Å². The van der Waals surface area contributed by atoms with Crippen molar-refractivity contribution in [1.82, 2.24) is 9.88 Å². The number of nitrogens with zero attached hydrogens (tertiary/aromatic N) is 3. The molecule has 0 aliphatic rings. The molecule has 1 aromatic heterocycles. The monoisotopic (exact) mass is 189 g/mol. The van der Waals surface area contributed by atoms with Gasteiger partial charge >= 0.3 is 0 Å². The Labute approximate surface area is 85.0 Å². The summed E-state index contributed by atoms with van der Waals surface area (Å²) >= 11 is 0. The second-order valence-corrected chi connectivity index (χ2v) is 3.12. The lowest BCUT2D eigenvalue weighted by atomic mass is 10.2. The van der Waals surface area contributed by atoms with Gasteiger partial charge in [0.15, 0.2) is 0 Å². The van der Waals surface area contributed by atoms with Gasteiger partial charge in [0.25, 0.3) is 0 Å². The van der Waals surface area contributed by atoms with Gasteiger partial charge in [-0.05, 0) is 30.8 Å². The van der Waals surface area contributed by atoms with Crippen molar-refractivity contribution >= 4 is 0 Å². The number of nitriles is 1. The van der Waals surface area contributed by atoms with Crippen LogP contribution in [0.5, 0.6) is 0 Å². The zero-order valence-electron chi connectivity index (χ0n) is 8.70. The van der Waals surface area contributed by atoms with Crippen LogP contribution in [0, 0.1) is 11.3 Å². The van der Waals surface area contributed by atoms with Gasteiger partial charge in [0.2, 0.25) is 0 Å². The topological polar surface area (TPSA) is 39.9 Å². The predicted octanol–water partition coefficient (Wildman–Crippen LogP) is 1.80. The third-order valence-corrected chi connectivity index (χ3v) is 2.24. The maximum atomic E-state index is 8.68. The van der Waals surface area contributed by atoms with Gasteiger partial charge in [0.05, 0.1) is 0 Å². The van der Waals surface area contributed by atoms with E-state index in [4.69, 9.17) is 5.26 Å². The lowest BCUT2D eigenvalue weighted by Gasteiger charge is -2.17. The first-order valence-electron chi connectivity index (χ1n) is 4.87. The van der Waals surface area contributed by atoms with Crippen molar-refractivity contribution in [3.05, 3.63) is 29.6 Å². The summed E-state index contributed by atoms with van der Waals surface area (Å²) in [5.74, 6) is 0. The average molecular weight is 189 g/mol. The van der Waals surface area contributed by atoms with Gasteiger partial charge in [-0.3, -0.25) is 4.90 Å². The fourth-order valence-corrected chi connectivity index (χ4v) is 1.34. The van der Waals surface area contributed by atoms with Crippen LogP contribution < -0.4 is 0 Å². The van der Waals surface area contributed by atoms with E-state index in [1.807, 2.05) is 18.2 Å². The highest BCUT2D eigenvalue weighted by atomic mass is 15.1. The van der Waals surface area contributed by atoms with E-state index in [0.717, 1.165) is 25.2 Å². The maximum Gasteiger partial charge on any atom is 0.140 e. The molecule has 0 aliphatic heterocycles. The summed E-state index contributed by atoms with van der Waals surface area (Å²) in [6.45, 7) is 7.22. The first-order chi connectivity index (χ1) is 6.80. The molecule has 0 aliphatic carbocycles. The molecule has 0 fully saturated rings. The summed E-state index contributed by atoms with van der Waals surface area (Å²) in [6, 6.07) is 5.85. The standard InChI is InChI=1S/C11H15N3/c1-3-14(4-2)9-10-5-6-13-11(7-10)8-12/h5-7H,3-4,9H2,1-2H3. The van der Waals surface area contributed by atoms with E-state index < -0.39 is 0 Å². The van der Waals surface area contributed by atoms with Crippen molar-refractivity contribution in [3.63, 3.8) is 0 Å². The molecule has 0 bridgehead atoms. The third kappa shape index (κ3) is 2.82. The van der Waals surface area contributed by atoms with Crippen molar-refractivity contribution in [2.45, 2.75) is 20.4 Å². The molecule has 0 unspecified atom stereocenters. The smallest absolute Gasteiger partial charge is 0.140 e. The van der Waals surface area contributed by atoms with Crippen LogP contribution in [0.1, 0.15) is 25.1 Å². The fourth-order valence-electron chi connectivity index (χ4n) is 1.34. The molecule has 0 saturated carbocycles. The third-order valence-electron chi connectivity index (χ3n) is 2.24. The van der Waals surface area contributed by atoms with Crippen molar-refractivity contribution in [2.24, 2.45) is 0 Å². The highest BCUT2D eigenvalue weighted by molar-refractivity contribution is 5.25. The molecule has 1 rings (SSSR count). The van der Waals surface area contributed by atoms with Crippen molar-refractivity contribution < 1.29 is 0 Å². The molecule has 14 heavy (non-hydrogen) atoms. The molecule has 3 nitrogen and oxygen atoms in total. The minimum absolute atomic E-state index is 0.495. The molecule has 0 radical (unpaired) electrons. The van der Waals surface area contributed by atoms with Crippen molar-refractivity contribution in [2.75, 3.05) is 13.1 Å². The summed E-state index contributed by atoms with van der Waals surface area (Å²) < 4.78 is 0. The van der Waals surface area contributed by atoms with E-state index >= 15 is 0 Å². The number of aromatic nitrogens is 1. The van der Waals surface area contributed by atoms with Gasteiger partial charge in [0.1, 0.15) is 11.8 Å². The predicted molar refractivity (Wildman–Crippen MR) is 55.6 cm³/mol. The van der Waals surface area contributed by atoms with Crippen LogP contribution in [0.15, 0.2) is 18.3 Å². The van der Waals surface area contributed by atoms with Crippen LogP contribution >= 0.6 is 0 Å². The van der Waals surface area contributed by atoms with Crippen LogP contribution in [0.25, 0.3) is 0 Å². The van der Waals surface area contributed by atoms with Gasteiger partial charge in [-0.25, -0.2) is 4.98 Å². The first kappa shape index (κ1) is 10.7. The fraction of sp³-hybridized carbons (Fsp3) is 0.455. The Morgan fingerprint density at radius 3 is 2.71 bits per heavy atom. The molecule has 1 aromatic rings. The van der Waals surface area contributed by atoms with Crippen LogP contribution in [-0.4, -0.2) is 23.0 Å². The Balaban J connectivity index is 2.72. The molecular formula is C11H15N3. The Bertz CT molecular complexity index is 324. The zero-order chi connectivity index (χ0) is 10.4. The van der Waals surface area contributed by atoms with E-state index in [1.54, 1.807) is 6.20 Å². The van der Waals surface area contributed by atoms with Gasteiger partial charge in [-0.15, -0.1) is 0 Å². The Hall–Kier alpha value is -1.40. The molecule has 0 saturated heterocycles. The number of pyridine rings is 1. The molecule has 0 N–H and O–H groups in total. The average Bonchev–Trinajstić information content (AvgIpc) is 2.26. The SMILES string of the molecule is CCN(CC)Cc1ccnc(C#N)c1. The van der Waals surface area contributed by atoms with E-state index in [0.29, 0.717) is 5.69 Å². The first-order valence-corrected chi connectivity index (χ1v) is 4.87. The van der Waals surface area contributed by atoms with Gasteiger partial charge in [-0.2, -0.15) is 5.26 Å². The molecule has 0 spiro atoms. The Morgan fingerprint density at radius 2 is 2.14 bits per heavy atom. The lowest BCUT2D eigenvalue weighted by Crippen LogP contribution is -2.22. The van der Waals surface area contributed by atoms with E-state index in [1.165, 1.54) is 0 Å². The van der Waals surface area contributed by atoms with Gasteiger partial charge in [-0.1, -0.05) is 13.8 Å². The highest BCUT2D eigenvalue weighted by Gasteiger charge is 2.01. The molecule has 0 amide bonds. The number of hydrogen-bond donors (Lipinski definition) is 0. The Kier molecular flexibility index (Phi) is 4.09. The molecule has 0 aromatic carbocycles. The van der Waals surface area contributed by atoms with E-state index in [-0.39, 0.29) is 0 Å². The summed E-state index contributed by atoms with van der Waals surface area (Å²) in [5, 5.41) is 8.68. The molecule has 0 atom stereocenters. The Morgan fingerprint density at radius 1 is 1.43 bits per heavy atom. The summed E-state index contributed by atoms with van der Waals surface area (Å²) in [6.07, 6.45) is 1.69. The van der Waals surface area contributed by atoms with Crippen LogP contribution in [-0.2, 0) is 6.54 Å².